The molecule has 0 aliphatic rings. The molecule has 3 N–H and O–H groups in total. The topological polar surface area (TPSA) is 50.4 Å². The molecule has 110 valence electrons. The minimum absolute atomic E-state index is 0. The van der Waals surface area contributed by atoms with Gasteiger partial charge in [0, 0.05) is 5.69 Å². The van der Waals surface area contributed by atoms with Crippen molar-refractivity contribution in [3.05, 3.63) is 29.8 Å². The van der Waals surface area contributed by atoms with E-state index in [-0.39, 0.29) is 30.0 Å². The molecular formula is C16H24IN3. The monoisotopic (exact) mass is 385 g/mol. The Morgan fingerprint density at radius 2 is 1.90 bits per heavy atom. The van der Waals surface area contributed by atoms with Crippen molar-refractivity contribution in [3.8, 4) is 12.3 Å². The molecular weight excluding hydrogens is 361 g/mol. The SMILES string of the molecule is C#CC(CC)N=C(N)Nc1ccc(C(C)CC)cc1.I. The van der Waals surface area contributed by atoms with Crippen molar-refractivity contribution in [1.29, 1.82) is 0 Å². The molecule has 0 radical (unpaired) electrons. The number of guanidine groups is 1. The van der Waals surface area contributed by atoms with E-state index in [0.717, 1.165) is 18.5 Å². The minimum Gasteiger partial charge on any atom is -0.370 e. The van der Waals surface area contributed by atoms with E-state index in [9.17, 15) is 0 Å². The highest BCUT2D eigenvalue weighted by atomic mass is 127. The number of aliphatic imine (C=N–C) groups is 1. The summed E-state index contributed by atoms with van der Waals surface area (Å²) in [4.78, 5) is 4.23. The zero-order chi connectivity index (χ0) is 14.3. The fourth-order valence-electron chi connectivity index (χ4n) is 1.73. The first-order valence-electron chi connectivity index (χ1n) is 6.77. The molecule has 0 bridgehead atoms. The Morgan fingerprint density at radius 1 is 1.30 bits per heavy atom. The van der Waals surface area contributed by atoms with Gasteiger partial charge in [0.05, 0.1) is 0 Å². The molecule has 0 aliphatic carbocycles. The van der Waals surface area contributed by atoms with Crippen molar-refractivity contribution in [1.82, 2.24) is 0 Å². The summed E-state index contributed by atoms with van der Waals surface area (Å²) in [7, 11) is 0. The minimum atomic E-state index is -0.160. The highest BCUT2D eigenvalue weighted by molar-refractivity contribution is 14.0. The first kappa shape index (κ1) is 18.8. The molecule has 2 atom stereocenters. The number of halogens is 1. The van der Waals surface area contributed by atoms with Gasteiger partial charge in [0.2, 0.25) is 0 Å². The normalized spacial score (nSPS) is 13.8. The van der Waals surface area contributed by atoms with Gasteiger partial charge in [-0.15, -0.1) is 30.4 Å². The van der Waals surface area contributed by atoms with E-state index in [1.807, 2.05) is 19.1 Å². The van der Waals surface area contributed by atoms with Crippen LogP contribution < -0.4 is 11.1 Å². The molecule has 3 nitrogen and oxygen atoms in total. The fraction of sp³-hybridized carbons (Fsp3) is 0.438. The number of hydrogen-bond acceptors (Lipinski definition) is 1. The number of anilines is 1. The van der Waals surface area contributed by atoms with E-state index in [0.29, 0.717) is 11.9 Å². The van der Waals surface area contributed by atoms with E-state index in [4.69, 9.17) is 12.2 Å². The highest BCUT2D eigenvalue weighted by Crippen LogP contribution is 2.20. The van der Waals surface area contributed by atoms with Crippen LogP contribution in [0.1, 0.15) is 45.1 Å². The third-order valence-corrected chi connectivity index (χ3v) is 3.24. The molecule has 1 aromatic rings. The van der Waals surface area contributed by atoms with E-state index in [1.54, 1.807) is 0 Å². The molecule has 1 aromatic carbocycles. The number of nitrogens with one attached hydrogen (secondary N) is 1. The van der Waals surface area contributed by atoms with Crippen LogP contribution in [-0.4, -0.2) is 12.0 Å². The number of nitrogens with zero attached hydrogens (tertiary/aromatic N) is 1. The average Bonchev–Trinajstić information content (AvgIpc) is 2.44. The molecule has 0 fully saturated rings. The van der Waals surface area contributed by atoms with Gasteiger partial charge in [-0.05, 0) is 36.5 Å². The molecule has 0 spiro atoms. The molecule has 0 aliphatic heterocycles. The second-order valence-corrected chi connectivity index (χ2v) is 4.66. The lowest BCUT2D eigenvalue weighted by molar-refractivity contribution is 0.734. The summed E-state index contributed by atoms with van der Waals surface area (Å²) in [5.41, 5.74) is 8.09. The highest BCUT2D eigenvalue weighted by Gasteiger charge is 2.04. The quantitative estimate of drug-likeness (QED) is 0.349. The third kappa shape index (κ3) is 5.83. The summed E-state index contributed by atoms with van der Waals surface area (Å²) in [5.74, 6) is 3.53. The average molecular weight is 385 g/mol. The van der Waals surface area contributed by atoms with Crippen molar-refractivity contribution in [2.24, 2.45) is 10.7 Å². The summed E-state index contributed by atoms with van der Waals surface area (Å²) in [6, 6.07) is 8.10. The van der Waals surface area contributed by atoms with Gasteiger partial charge in [0.15, 0.2) is 5.96 Å². The first-order chi connectivity index (χ1) is 9.10. The lowest BCUT2D eigenvalue weighted by atomic mass is 9.99. The summed E-state index contributed by atoms with van der Waals surface area (Å²) in [6.45, 7) is 6.39. The van der Waals surface area contributed by atoms with Gasteiger partial charge in [-0.25, -0.2) is 4.99 Å². The van der Waals surface area contributed by atoms with E-state index in [1.165, 1.54) is 5.56 Å². The van der Waals surface area contributed by atoms with Crippen LogP contribution in [-0.2, 0) is 0 Å². The Hall–Kier alpha value is -1.22. The maximum Gasteiger partial charge on any atom is 0.194 e. The van der Waals surface area contributed by atoms with Crippen LogP contribution >= 0.6 is 24.0 Å². The van der Waals surface area contributed by atoms with Crippen molar-refractivity contribution >= 4 is 35.6 Å². The second-order valence-electron chi connectivity index (χ2n) is 4.66. The Morgan fingerprint density at radius 3 is 2.35 bits per heavy atom. The Labute approximate surface area is 139 Å². The van der Waals surface area contributed by atoms with Crippen molar-refractivity contribution < 1.29 is 0 Å². The lowest BCUT2D eigenvalue weighted by Crippen LogP contribution is -2.24. The predicted molar refractivity (Wildman–Crippen MR) is 98.7 cm³/mol. The molecule has 4 heteroatoms. The van der Waals surface area contributed by atoms with E-state index < -0.39 is 0 Å². The van der Waals surface area contributed by atoms with Crippen LogP contribution in [0.15, 0.2) is 29.3 Å². The van der Waals surface area contributed by atoms with Gasteiger partial charge in [0.25, 0.3) is 0 Å². The fourth-order valence-corrected chi connectivity index (χ4v) is 1.73. The van der Waals surface area contributed by atoms with Crippen LogP contribution in [0.4, 0.5) is 5.69 Å². The van der Waals surface area contributed by atoms with Gasteiger partial charge < -0.3 is 11.1 Å². The van der Waals surface area contributed by atoms with Gasteiger partial charge in [0.1, 0.15) is 6.04 Å². The zero-order valence-corrected chi connectivity index (χ0v) is 14.7. The maximum atomic E-state index is 5.83. The first-order valence-corrected chi connectivity index (χ1v) is 6.77. The summed E-state index contributed by atoms with van der Waals surface area (Å²) in [6.07, 6.45) is 7.27. The second kappa shape index (κ2) is 9.65. The number of rotatable bonds is 5. The molecule has 1 rings (SSSR count). The third-order valence-electron chi connectivity index (χ3n) is 3.24. The number of nitrogens with two attached hydrogens (primary N) is 1. The number of terminal acetylenes is 1. The predicted octanol–water partition coefficient (Wildman–Crippen LogP) is 3.96. The Balaban J connectivity index is 0.00000361. The van der Waals surface area contributed by atoms with Gasteiger partial charge in [-0.1, -0.05) is 38.8 Å². The molecule has 0 amide bonds. The molecule has 0 saturated carbocycles. The number of hydrogen-bond donors (Lipinski definition) is 2. The van der Waals surface area contributed by atoms with Gasteiger partial charge in [-0.3, -0.25) is 0 Å². The summed E-state index contributed by atoms with van der Waals surface area (Å²) >= 11 is 0. The zero-order valence-electron chi connectivity index (χ0n) is 12.4. The van der Waals surface area contributed by atoms with Crippen LogP contribution in [0.3, 0.4) is 0 Å². The molecule has 20 heavy (non-hydrogen) atoms. The number of benzene rings is 1. The van der Waals surface area contributed by atoms with Crippen LogP contribution in [0.5, 0.6) is 0 Å². The molecule has 2 unspecified atom stereocenters. The smallest absolute Gasteiger partial charge is 0.194 e. The lowest BCUT2D eigenvalue weighted by Gasteiger charge is -2.11. The largest absolute Gasteiger partial charge is 0.370 e. The molecule has 0 saturated heterocycles. The van der Waals surface area contributed by atoms with Crippen molar-refractivity contribution in [2.75, 3.05) is 5.32 Å². The summed E-state index contributed by atoms with van der Waals surface area (Å²) < 4.78 is 0. The Kier molecular flexibility index (Phi) is 9.06. The van der Waals surface area contributed by atoms with Crippen LogP contribution in [0.2, 0.25) is 0 Å². The van der Waals surface area contributed by atoms with Crippen molar-refractivity contribution in [3.63, 3.8) is 0 Å². The van der Waals surface area contributed by atoms with Crippen LogP contribution in [0.25, 0.3) is 0 Å². The van der Waals surface area contributed by atoms with Gasteiger partial charge in [-0.2, -0.15) is 0 Å². The summed E-state index contributed by atoms with van der Waals surface area (Å²) in [5, 5.41) is 3.06. The van der Waals surface area contributed by atoms with E-state index >= 15 is 0 Å². The van der Waals surface area contributed by atoms with Gasteiger partial charge >= 0.3 is 0 Å². The maximum absolute atomic E-state index is 5.83. The Bertz CT molecular complexity index is 460. The van der Waals surface area contributed by atoms with Crippen LogP contribution in [0, 0.1) is 12.3 Å². The molecule has 0 aromatic heterocycles. The molecule has 0 heterocycles. The standard InChI is InChI=1S/C16H23N3.HI/c1-5-12(4)13-8-10-15(11-9-13)19-16(17)18-14(6-2)7-3;/h2,8-12,14H,5,7H2,1,3-4H3,(H3,17,18,19);1H. The van der Waals surface area contributed by atoms with Crippen molar-refractivity contribution in [2.45, 2.75) is 45.6 Å². The van der Waals surface area contributed by atoms with E-state index in [2.05, 4.69) is 42.2 Å².